The van der Waals surface area contributed by atoms with Crippen LogP contribution in [0.2, 0.25) is 0 Å². The molecule has 0 rings (SSSR count). The van der Waals surface area contributed by atoms with Crippen LogP contribution in [-0.4, -0.2) is 44.1 Å². The second kappa shape index (κ2) is 8.89. The molecular weight excluding hydrogens is 256 g/mol. The Balaban J connectivity index is 4.20. The van der Waals surface area contributed by atoms with Crippen LogP contribution in [0.4, 0.5) is 0 Å². The minimum absolute atomic E-state index is 0.0922. The van der Waals surface area contributed by atoms with Crippen molar-refractivity contribution in [3.05, 3.63) is 0 Å². The van der Waals surface area contributed by atoms with E-state index in [2.05, 4.69) is 0 Å². The van der Waals surface area contributed by atoms with Gasteiger partial charge in [-0.3, -0.25) is 4.79 Å². The Hall–Kier alpha value is -1.13. The van der Waals surface area contributed by atoms with Crippen molar-refractivity contribution in [2.45, 2.75) is 33.1 Å². The van der Waals surface area contributed by atoms with E-state index in [1.165, 1.54) is 4.31 Å². The van der Waals surface area contributed by atoms with Crippen LogP contribution in [-0.2, 0) is 19.6 Å². The summed E-state index contributed by atoms with van der Waals surface area (Å²) < 4.78 is 29.7. The van der Waals surface area contributed by atoms with Crippen LogP contribution in [0.1, 0.15) is 33.1 Å². The minimum atomic E-state index is -3.38. The van der Waals surface area contributed by atoms with E-state index in [9.17, 15) is 13.2 Å². The van der Waals surface area contributed by atoms with E-state index in [1.807, 2.05) is 6.07 Å². The molecule has 0 spiro atoms. The number of nitriles is 1. The van der Waals surface area contributed by atoms with Gasteiger partial charge in [-0.15, -0.1) is 0 Å². The van der Waals surface area contributed by atoms with Gasteiger partial charge in [-0.05, 0) is 13.3 Å². The van der Waals surface area contributed by atoms with Gasteiger partial charge < -0.3 is 4.74 Å². The van der Waals surface area contributed by atoms with Crippen molar-refractivity contribution in [1.82, 2.24) is 4.31 Å². The van der Waals surface area contributed by atoms with Crippen molar-refractivity contribution >= 4 is 16.0 Å². The van der Waals surface area contributed by atoms with E-state index in [4.69, 9.17) is 10.00 Å². The van der Waals surface area contributed by atoms with Gasteiger partial charge in [0, 0.05) is 25.9 Å². The first-order valence-electron chi connectivity index (χ1n) is 5.98. The molecule has 0 saturated heterocycles. The SMILES string of the molecule is CCOC(=O)CCCS(=O)(=O)N(CC)CCC#N. The molecule has 0 radical (unpaired) electrons. The lowest BCUT2D eigenvalue weighted by Gasteiger charge is -2.18. The fourth-order valence-electron chi connectivity index (χ4n) is 1.43. The average molecular weight is 276 g/mol. The first kappa shape index (κ1) is 16.9. The van der Waals surface area contributed by atoms with E-state index in [0.717, 1.165) is 0 Å². The van der Waals surface area contributed by atoms with E-state index >= 15 is 0 Å². The van der Waals surface area contributed by atoms with Crippen LogP contribution < -0.4 is 0 Å². The number of rotatable bonds is 9. The highest BCUT2D eigenvalue weighted by atomic mass is 32.2. The van der Waals surface area contributed by atoms with E-state index < -0.39 is 10.0 Å². The second-order valence-electron chi connectivity index (χ2n) is 3.62. The van der Waals surface area contributed by atoms with Gasteiger partial charge in [0.2, 0.25) is 10.0 Å². The third-order valence-corrected chi connectivity index (χ3v) is 4.34. The topological polar surface area (TPSA) is 87.5 Å². The molecule has 0 heterocycles. The van der Waals surface area contributed by atoms with Gasteiger partial charge in [0.15, 0.2) is 0 Å². The summed E-state index contributed by atoms with van der Waals surface area (Å²) in [6.07, 6.45) is 0.512. The molecule has 0 saturated carbocycles. The first-order chi connectivity index (χ1) is 8.47. The van der Waals surface area contributed by atoms with E-state index in [-0.39, 0.29) is 37.5 Å². The lowest BCUT2D eigenvalue weighted by Crippen LogP contribution is -2.33. The Bertz CT molecular complexity index is 386. The minimum Gasteiger partial charge on any atom is -0.466 e. The zero-order chi connectivity index (χ0) is 14.0. The van der Waals surface area contributed by atoms with Gasteiger partial charge in [0.1, 0.15) is 0 Å². The molecule has 0 aromatic carbocycles. The Labute approximate surface area is 109 Å². The summed E-state index contributed by atoms with van der Waals surface area (Å²) in [5.41, 5.74) is 0. The van der Waals surface area contributed by atoms with Gasteiger partial charge in [-0.2, -0.15) is 5.26 Å². The number of carbonyl (C=O) groups excluding carboxylic acids is 1. The highest BCUT2D eigenvalue weighted by Gasteiger charge is 2.20. The number of esters is 1. The van der Waals surface area contributed by atoms with Crippen LogP contribution in [0.25, 0.3) is 0 Å². The predicted molar refractivity (Wildman–Crippen MR) is 67.1 cm³/mol. The number of hydrogen-bond acceptors (Lipinski definition) is 5. The summed E-state index contributed by atoms with van der Waals surface area (Å²) in [4.78, 5) is 11.1. The molecule has 0 unspecified atom stereocenters. The highest BCUT2D eigenvalue weighted by Crippen LogP contribution is 2.06. The number of nitrogens with zero attached hydrogens (tertiary/aromatic N) is 2. The molecule has 0 aliphatic heterocycles. The predicted octanol–water partition coefficient (Wildman–Crippen LogP) is 0.895. The molecule has 0 aliphatic rings. The largest absolute Gasteiger partial charge is 0.466 e. The molecule has 0 aromatic rings. The molecule has 0 fully saturated rings. The van der Waals surface area contributed by atoms with Crippen molar-refractivity contribution in [2.75, 3.05) is 25.4 Å². The number of carbonyl (C=O) groups is 1. The van der Waals surface area contributed by atoms with Crippen LogP contribution >= 0.6 is 0 Å². The Morgan fingerprint density at radius 3 is 2.56 bits per heavy atom. The fourth-order valence-corrected chi connectivity index (χ4v) is 2.96. The smallest absolute Gasteiger partial charge is 0.305 e. The molecule has 0 amide bonds. The maximum absolute atomic E-state index is 11.9. The van der Waals surface area contributed by atoms with Crippen molar-refractivity contribution in [2.24, 2.45) is 0 Å². The van der Waals surface area contributed by atoms with Crippen molar-refractivity contribution < 1.29 is 17.9 Å². The number of hydrogen-bond donors (Lipinski definition) is 0. The van der Waals surface area contributed by atoms with Crippen LogP contribution in [0, 0.1) is 11.3 Å². The van der Waals surface area contributed by atoms with Crippen molar-refractivity contribution in [1.29, 1.82) is 5.26 Å². The quantitative estimate of drug-likeness (QED) is 0.584. The van der Waals surface area contributed by atoms with Gasteiger partial charge in [-0.1, -0.05) is 6.92 Å². The third kappa shape index (κ3) is 6.57. The molecule has 104 valence electrons. The normalized spacial score (nSPS) is 11.2. The fraction of sp³-hybridized carbons (Fsp3) is 0.818. The van der Waals surface area contributed by atoms with Gasteiger partial charge in [0.25, 0.3) is 0 Å². The maximum atomic E-state index is 11.9. The van der Waals surface area contributed by atoms with E-state index in [0.29, 0.717) is 13.2 Å². The summed E-state index contributed by atoms with van der Waals surface area (Å²) in [6, 6.07) is 1.92. The van der Waals surface area contributed by atoms with Gasteiger partial charge >= 0.3 is 5.97 Å². The van der Waals surface area contributed by atoms with Crippen LogP contribution in [0.3, 0.4) is 0 Å². The van der Waals surface area contributed by atoms with Gasteiger partial charge in [-0.25, -0.2) is 12.7 Å². The maximum Gasteiger partial charge on any atom is 0.305 e. The molecule has 18 heavy (non-hydrogen) atoms. The lowest BCUT2D eigenvalue weighted by atomic mass is 10.3. The number of sulfonamides is 1. The van der Waals surface area contributed by atoms with Crippen molar-refractivity contribution in [3.8, 4) is 6.07 Å². The summed E-state index contributed by atoms with van der Waals surface area (Å²) >= 11 is 0. The first-order valence-corrected chi connectivity index (χ1v) is 7.59. The van der Waals surface area contributed by atoms with E-state index in [1.54, 1.807) is 13.8 Å². The monoisotopic (exact) mass is 276 g/mol. The summed E-state index contributed by atoms with van der Waals surface area (Å²) in [5.74, 6) is -0.474. The van der Waals surface area contributed by atoms with Crippen LogP contribution in [0.5, 0.6) is 0 Å². The molecule has 0 atom stereocenters. The zero-order valence-electron chi connectivity index (χ0n) is 10.9. The number of ether oxygens (including phenoxy) is 1. The van der Waals surface area contributed by atoms with Crippen molar-refractivity contribution in [3.63, 3.8) is 0 Å². The Morgan fingerprint density at radius 2 is 2.06 bits per heavy atom. The Kier molecular flexibility index (Phi) is 8.33. The average Bonchev–Trinajstić information content (AvgIpc) is 2.29. The summed E-state index contributed by atoms with van der Waals surface area (Å²) in [6.45, 7) is 4.27. The zero-order valence-corrected chi connectivity index (χ0v) is 11.7. The molecule has 0 aromatic heterocycles. The molecule has 0 N–H and O–H groups in total. The summed E-state index contributed by atoms with van der Waals surface area (Å²) in [5, 5.41) is 8.45. The van der Waals surface area contributed by atoms with Gasteiger partial charge in [0.05, 0.1) is 18.4 Å². The second-order valence-corrected chi connectivity index (χ2v) is 5.71. The standard InChI is InChI=1S/C11H20N2O4S/c1-3-13(9-6-8-12)18(15,16)10-5-7-11(14)17-4-2/h3-7,9-10H2,1-2H3. The Morgan fingerprint density at radius 1 is 1.39 bits per heavy atom. The highest BCUT2D eigenvalue weighted by molar-refractivity contribution is 7.89. The molecule has 0 bridgehead atoms. The summed E-state index contributed by atoms with van der Waals surface area (Å²) in [7, 11) is -3.38. The van der Waals surface area contributed by atoms with Crippen LogP contribution in [0.15, 0.2) is 0 Å². The molecule has 6 nitrogen and oxygen atoms in total. The molecule has 7 heteroatoms. The lowest BCUT2D eigenvalue weighted by molar-refractivity contribution is -0.143. The molecular formula is C11H20N2O4S. The third-order valence-electron chi connectivity index (χ3n) is 2.31. The molecule has 0 aliphatic carbocycles.